The minimum Gasteiger partial charge on any atom is -0.389 e. The van der Waals surface area contributed by atoms with Gasteiger partial charge in [-0.2, -0.15) is 0 Å². The number of halogens is 1. The molecule has 0 saturated carbocycles. The maximum atomic E-state index is 5.61. The molecule has 1 aromatic carbocycles. The molecule has 1 heterocycles. The van der Waals surface area contributed by atoms with Crippen molar-refractivity contribution < 1.29 is 0 Å². The van der Waals surface area contributed by atoms with Gasteiger partial charge in [0, 0.05) is 36.2 Å². The monoisotopic (exact) mass is 328 g/mol. The minimum atomic E-state index is 0.418. The average Bonchev–Trinajstić information content (AvgIpc) is 2.34. The lowest BCUT2D eigenvalue weighted by molar-refractivity contribution is 0.179. The van der Waals surface area contributed by atoms with Crippen molar-refractivity contribution in [2.45, 2.75) is 0 Å². The number of likely N-dealkylation sites (N-methyl/N-ethyl adjacent to an activating group) is 1. The van der Waals surface area contributed by atoms with Crippen LogP contribution in [0, 0.1) is 0 Å². The van der Waals surface area contributed by atoms with Gasteiger partial charge >= 0.3 is 0 Å². The number of thiocarbonyl (C=S) groups is 1. The molecular weight excluding hydrogens is 312 g/mol. The van der Waals surface area contributed by atoms with Gasteiger partial charge in [0.05, 0.1) is 5.69 Å². The van der Waals surface area contributed by atoms with Crippen LogP contribution < -0.4 is 11.2 Å². The zero-order valence-electron chi connectivity index (χ0n) is 10.3. The van der Waals surface area contributed by atoms with Crippen molar-refractivity contribution in [1.29, 1.82) is 0 Å². The topological polar surface area (TPSA) is 44.5 Å². The fourth-order valence-electron chi connectivity index (χ4n) is 1.85. The molecule has 1 aromatic rings. The number of rotatable bonds is 3. The van der Waals surface area contributed by atoms with Crippen molar-refractivity contribution in [2.75, 3.05) is 38.7 Å². The molecule has 1 aliphatic rings. The van der Waals surface area contributed by atoms with Crippen LogP contribution in [0.4, 0.5) is 5.69 Å². The highest BCUT2D eigenvalue weighted by Gasteiger charge is 2.14. The molecule has 0 aliphatic carbocycles. The Balaban J connectivity index is 2.03. The Morgan fingerprint density at radius 1 is 1.33 bits per heavy atom. The Labute approximate surface area is 121 Å². The highest BCUT2D eigenvalue weighted by molar-refractivity contribution is 9.10. The molecule has 0 aromatic heterocycles. The second kappa shape index (κ2) is 5.97. The van der Waals surface area contributed by atoms with Gasteiger partial charge in [0.15, 0.2) is 0 Å². The maximum Gasteiger partial charge on any atom is 0.104 e. The van der Waals surface area contributed by atoms with E-state index in [-0.39, 0.29) is 0 Å². The Kier molecular flexibility index (Phi) is 4.55. The lowest BCUT2D eigenvalue weighted by Gasteiger charge is -2.33. The summed E-state index contributed by atoms with van der Waals surface area (Å²) in [6.45, 7) is 4.19. The van der Waals surface area contributed by atoms with Gasteiger partial charge in [-0.05, 0) is 41.2 Å². The molecule has 1 fully saturated rings. The third-order valence-corrected chi connectivity index (χ3v) is 3.93. The lowest BCUT2D eigenvalue weighted by Crippen LogP contribution is -2.46. The average molecular weight is 329 g/mol. The highest BCUT2D eigenvalue weighted by Crippen LogP contribution is 2.24. The SMILES string of the molecule is CN1CCN(Nc2ccc(C(N)=S)cc2Br)CC1. The number of hydrogen-bond donors (Lipinski definition) is 2. The molecule has 18 heavy (non-hydrogen) atoms. The number of hydrazine groups is 1. The first-order valence-electron chi connectivity index (χ1n) is 5.86. The summed E-state index contributed by atoms with van der Waals surface area (Å²) < 4.78 is 0.978. The van der Waals surface area contributed by atoms with E-state index in [0.29, 0.717) is 4.99 Å². The zero-order chi connectivity index (χ0) is 13.1. The number of nitrogens with zero attached hydrogens (tertiary/aromatic N) is 2. The summed E-state index contributed by atoms with van der Waals surface area (Å²) in [6.07, 6.45) is 0. The summed E-state index contributed by atoms with van der Waals surface area (Å²) in [5, 5.41) is 2.22. The largest absolute Gasteiger partial charge is 0.389 e. The van der Waals surface area contributed by atoms with Gasteiger partial charge in [0.25, 0.3) is 0 Å². The summed E-state index contributed by atoms with van der Waals surface area (Å²) in [5.74, 6) is 0. The number of hydrogen-bond acceptors (Lipinski definition) is 4. The second-order valence-corrected chi connectivity index (χ2v) is 5.76. The van der Waals surface area contributed by atoms with E-state index in [1.54, 1.807) is 0 Å². The third kappa shape index (κ3) is 3.41. The molecule has 3 N–H and O–H groups in total. The molecule has 0 spiro atoms. The van der Waals surface area contributed by atoms with Crippen LogP contribution >= 0.6 is 28.1 Å². The molecular formula is C12H17BrN4S. The van der Waals surface area contributed by atoms with Crippen LogP contribution in [0.25, 0.3) is 0 Å². The quantitative estimate of drug-likeness (QED) is 0.826. The standard InChI is InChI=1S/C12H17BrN4S/c1-16-4-6-17(7-5-16)15-11-3-2-9(12(14)18)8-10(11)13/h2-3,8,15H,4-7H2,1H3,(H2,14,18). The van der Waals surface area contributed by atoms with Crippen molar-refractivity contribution in [2.24, 2.45) is 5.73 Å². The normalized spacial score (nSPS) is 17.7. The Bertz CT molecular complexity index is 444. The van der Waals surface area contributed by atoms with Crippen molar-refractivity contribution >= 4 is 38.8 Å². The van der Waals surface area contributed by atoms with E-state index in [1.807, 2.05) is 18.2 Å². The molecule has 1 aliphatic heterocycles. The summed E-state index contributed by atoms with van der Waals surface area (Å²) in [4.78, 5) is 2.74. The van der Waals surface area contributed by atoms with Crippen LogP contribution in [-0.4, -0.2) is 48.1 Å². The van der Waals surface area contributed by atoms with Crippen LogP contribution in [0.1, 0.15) is 5.56 Å². The van der Waals surface area contributed by atoms with Crippen molar-refractivity contribution in [3.05, 3.63) is 28.2 Å². The number of anilines is 1. The van der Waals surface area contributed by atoms with Crippen LogP contribution in [-0.2, 0) is 0 Å². The summed E-state index contributed by atoms with van der Waals surface area (Å²) in [5.41, 5.74) is 10.9. The predicted molar refractivity (Wildman–Crippen MR) is 82.7 cm³/mol. The molecule has 1 saturated heterocycles. The first kappa shape index (κ1) is 13.7. The van der Waals surface area contributed by atoms with Crippen molar-refractivity contribution in [3.8, 4) is 0 Å². The molecule has 0 radical (unpaired) electrons. The van der Waals surface area contributed by atoms with Gasteiger partial charge in [-0.3, -0.25) is 0 Å². The van der Waals surface area contributed by atoms with E-state index in [9.17, 15) is 0 Å². The Morgan fingerprint density at radius 2 is 2.00 bits per heavy atom. The number of nitrogens with two attached hydrogens (primary N) is 1. The van der Waals surface area contributed by atoms with E-state index >= 15 is 0 Å². The smallest absolute Gasteiger partial charge is 0.104 e. The Hall–Kier alpha value is -0.690. The predicted octanol–water partition coefficient (Wildman–Crippen LogP) is 1.66. The van der Waals surface area contributed by atoms with E-state index in [4.69, 9.17) is 18.0 Å². The molecule has 2 rings (SSSR count). The molecule has 98 valence electrons. The van der Waals surface area contributed by atoms with Crippen LogP contribution in [0.15, 0.2) is 22.7 Å². The summed E-state index contributed by atoms with van der Waals surface area (Å²) in [7, 11) is 2.14. The van der Waals surface area contributed by atoms with E-state index in [1.165, 1.54) is 0 Å². The van der Waals surface area contributed by atoms with Crippen LogP contribution in [0.5, 0.6) is 0 Å². The van der Waals surface area contributed by atoms with Gasteiger partial charge in [0.2, 0.25) is 0 Å². The van der Waals surface area contributed by atoms with E-state index in [2.05, 4.69) is 38.3 Å². The molecule has 4 nitrogen and oxygen atoms in total. The van der Waals surface area contributed by atoms with Gasteiger partial charge in [-0.1, -0.05) is 12.2 Å². The van der Waals surface area contributed by atoms with Crippen molar-refractivity contribution in [3.63, 3.8) is 0 Å². The number of piperazine rings is 1. The minimum absolute atomic E-state index is 0.418. The summed E-state index contributed by atoms with van der Waals surface area (Å²) in [6, 6.07) is 5.88. The second-order valence-electron chi connectivity index (χ2n) is 4.46. The third-order valence-electron chi connectivity index (χ3n) is 3.04. The molecule has 0 bridgehead atoms. The first-order valence-corrected chi connectivity index (χ1v) is 7.06. The maximum absolute atomic E-state index is 5.61. The number of nitrogens with one attached hydrogen (secondary N) is 1. The fourth-order valence-corrected chi connectivity index (χ4v) is 2.44. The fraction of sp³-hybridized carbons (Fsp3) is 0.417. The highest BCUT2D eigenvalue weighted by atomic mass is 79.9. The number of benzene rings is 1. The van der Waals surface area contributed by atoms with E-state index < -0.39 is 0 Å². The van der Waals surface area contributed by atoms with Crippen molar-refractivity contribution in [1.82, 2.24) is 9.91 Å². The van der Waals surface area contributed by atoms with Gasteiger partial charge in [-0.25, -0.2) is 5.01 Å². The van der Waals surface area contributed by atoms with Gasteiger partial charge in [-0.15, -0.1) is 0 Å². The van der Waals surface area contributed by atoms with E-state index in [0.717, 1.165) is 41.9 Å². The van der Waals surface area contributed by atoms with Crippen LogP contribution in [0.3, 0.4) is 0 Å². The molecule has 6 heteroatoms. The van der Waals surface area contributed by atoms with Gasteiger partial charge in [0.1, 0.15) is 4.99 Å². The lowest BCUT2D eigenvalue weighted by atomic mass is 10.2. The van der Waals surface area contributed by atoms with Crippen LogP contribution in [0.2, 0.25) is 0 Å². The summed E-state index contributed by atoms with van der Waals surface area (Å²) >= 11 is 8.50. The Morgan fingerprint density at radius 3 is 2.56 bits per heavy atom. The first-order chi connectivity index (χ1) is 8.56. The van der Waals surface area contributed by atoms with Gasteiger partial charge < -0.3 is 16.1 Å². The molecule has 0 atom stereocenters. The molecule has 0 amide bonds. The molecule has 0 unspecified atom stereocenters. The zero-order valence-corrected chi connectivity index (χ0v) is 12.7.